The third-order valence-electron chi connectivity index (χ3n) is 6.58. The van der Waals surface area contributed by atoms with E-state index < -0.39 is 15.8 Å². The molecule has 2 heterocycles. The molecule has 0 atom stereocenters. The van der Waals surface area contributed by atoms with E-state index in [-0.39, 0.29) is 18.0 Å². The molecule has 0 unspecified atom stereocenters. The van der Waals surface area contributed by atoms with E-state index in [1.807, 2.05) is 24.4 Å². The first kappa shape index (κ1) is 23.2. The molecule has 2 fully saturated rings. The fourth-order valence-electron chi connectivity index (χ4n) is 4.49. The maximum Gasteiger partial charge on any atom is 0.239 e. The summed E-state index contributed by atoms with van der Waals surface area (Å²) in [5, 5.41) is 0. The molecule has 1 aromatic rings. The van der Waals surface area contributed by atoms with Gasteiger partial charge in [-0.1, -0.05) is 13.0 Å². The van der Waals surface area contributed by atoms with E-state index in [4.69, 9.17) is 0 Å². The monoisotopic (exact) mass is 436 g/mol. The predicted molar refractivity (Wildman–Crippen MR) is 119 cm³/mol. The van der Waals surface area contributed by atoms with Gasteiger partial charge in [0.15, 0.2) is 0 Å². The molecule has 1 aliphatic carbocycles. The Morgan fingerprint density at radius 1 is 1.17 bits per heavy atom. The molecule has 1 aromatic heterocycles. The highest BCUT2D eigenvalue weighted by Crippen LogP contribution is 2.24. The van der Waals surface area contributed by atoms with Crippen molar-refractivity contribution in [3.05, 3.63) is 30.1 Å². The van der Waals surface area contributed by atoms with Gasteiger partial charge >= 0.3 is 0 Å². The Labute approximate surface area is 181 Å². The minimum absolute atomic E-state index is 0.0216. The lowest BCUT2D eigenvalue weighted by Gasteiger charge is -2.36. The van der Waals surface area contributed by atoms with Crippen LogP contribution in [0.4, 0.5) is 0 Å². The lowest BCUT2D eigenvalue weighted by Crippen LogP contribution is -2.49. The molecule has 2 aliphatic rings. The van der Waals surface area contributed by atoms with Crippen LogP contribution in [0.25, 0.3) is 0 Å². The number of carbonyl (C=O) groups is 1. The standard InChI is InChI=1S/C22H36N4O3S/c1-18-6-8-20(9-7-18)24-30(28,29)17-22(27)25(2)21-11-15-26(16-12-21)14-10-19-5-3-4-13-23-19/h3-5,13,18,20-21,24H,6-12,14-17H2,1-2H3. The Balaban J connectivity index is 1.40. The summed E-state index contributed by atoms with van der Waals surface area (Å²) in [5.74, 6) is -0.0953. The second kappa shape index (κ2) is 10.7. The fourth-order valence-corrected chi connectivity index (χ4v) is 5.85. The van der Waals surface area contributed by atoms with Gasteiger partial charge in [-0.25, -0.2) is 13.1 Å². The maximum atomic E-state index is 12.6. The molecule has 1 saturated carbocycles. The van der Waals surface area contributed by atoms with Crippen molar-refractivity contribution in [1.29, 1.82) is 0 Å². The van der Waals surface area contributed by atoms with Crippen LogP contribution in [0, 0.1) is 5.92 Å². The van der Waals surface area contributed by atoms with E-state index in [9.17, 15) is 13.2 Å². The van der Waals surface area contributed by atoms with Crippen molar-refractivity contribution in [2.24, 2.45) is 5.92 Å². The van der Waals surface area contributed by atoms with Gasteiger partial charge in [-0.3, -0.25) is 9.78 Å². The first-order valence-electron chi connectivity index (χ1n) is 11.2. The third-order valence-corrected chi connectivity index (χ3v) is 7.90. The molecule has 3 rings (SSSR count). The summed E-state index contributed by atoms with van der Waals surface area (Å²) in [6, 6.07) is 6.06. The fraction of sp³-hybridized carbons (Fsp3) is 0.727. The highest BCUT2D eigenvalue weighted by Gasteiger charge is 2.29. The zero-order valence-electron chi connectivity index (χ0n) is 18.3. The van der Waals surface area contributed by atoms with E-state index >= 15 is 0 Å². The molecular weight excluding hydrogens is 400 g/mol. The topological polar surface area (TPSA) is 82.6 Å². The summed E-state index contributed by atoms with van der Waals surface area (Å²) >= 11 is 0. The van der Waals surface area contributed by atoms with E-state index in [1.165, 1.54) is 0 Å². The summed E-state index contributed by atoms with van der Waals surface area (Å²) < 4.78 is 27.7. The van der Waals surface area contributed by atoms with Gasteiger partial charge in [0.2, 0.25) is 15.9 Å². The molecule has 30 heavy (non-hydrogen) atoms. The van der Waals surface area contributed by atoms with Gasteiger partial charge in [0.1, 0.15) is 5.75 Å². The number of sulfonamides is 1. The van der Waals surface area contributed by atoms with Crippen molar-refractivity contribution in [2.75, 3.05) is 32.4 Å². The van der Waals surface area contributed by atoms with Gasteiger partial charge in [-0.05, 0) is 56.6 Å². The van der Waals surface area contributed by atoms with Crippen molar-refractivity contribution >= 4 is 15.9 Å². The second-order valence-electron chi connectivity index (χ2n) is 8.98. The van der Waals surface area contributed by atoms with Crippen molar-refractivity contribution in [1.82, 2.24) is 19.5 Å². The van der Waals surface area contributed by atoms with Gasteiger partial charge in [0.25, 0.3) is 0 Å². The first-order valence-corrected chi connectivity index (χ1v) is 12.9. The Hall–Kier alpha value is -1.51. The predicted octanol–water partition coefficient (Wildman–Crippen LogP) is 2.04. The second-order valence-corrected chi connectivity index (χ2v) is 10.7. The summed E-state index contributed by atoms with van der Waals surface area (Å²) in [6.07, 6.45) is 8.30. The molecule has 1 aliphatic heterocycles. The van der Waals surface area contributed by atoms with Crippen LogP contribution in [0.5, 0.6) is 0 Å². The number of aromatic nitrogens is 1. The molecular formula is C22H36N4O3S. The number of hydrogen-bond donors (Lipinski definition) is 1. The molecule has 7 nitrogen and oxygen atoms in total. The van der Waals surface area contributed by atoms with Gasteiger partial charge < -0.3 is 9.80 Å². The molecule has 0 bridgehead atoms. The van der Waals surface area contributed by atoms with Gasteiger partial charge in [0, 0.05) is 57.1 Å². The Morgan fingerprint density at radius 2 is 1.87 bits per heavy atom. The number of nitrogens with one attached hydrogen (secondary N) is 1. The van der Waals surface area contributed by atoms with Crippen LogP contribution in [0.15, 0.2) is 24.4 Å². The molecule has 1 saturated heterocycles. The van der Waals surface area contributed by atoms with Crippen LogP contribution in [-0.2, 0) is 21.2 Å². The average Bonchev–Trinajstić information content (AvgIpc) is 2.74. The van der Waals surface area contributed by atoms with E-state index in [2.05, 4.69) is 21.5 Å². The van der Waals surface area contributed by atoms with Crippen molar-refractivity contribution in [3.63, 3.8) is 0 Å². The van der Waals surface area contributed by atoms with Crippen LogP contribution in [0.3, 0.4) is 0 Å². The SMILES string of the molecule is CC1CCC(NS(=O)(=O)CC(=O)N(C)C2CCN(CCc3ccccn3)CC2)CC1. The molecule has 168 valence electrons. The molecule has 8 heteroatoms. The van der Waals surface area contributed by atoms with Gasteiger partial charge in [-0.15, -0.1) is 0 Å². The van der Waals surface area contributed by atoms with E-state index in [0.29, 0.717) is 5.92 Å². The molecule has 0 spiro atoms. The maximum absolute atomic E-state index is 12.6. The molecule has 0 radical (unpaired) electrons. The van der Waals surface area contributed by atoms with Gasteiger partial charge in [-0.2, -0.15) is 0 Å². The summed E-state index contributed by atoms with van der Waals surface area (Å²) in [5.41, 5.74) is 1.09. The average molecular weight is 437 g/mol. The third kappa shape index (κ3) is 7.03. The number of amides is 1. The number of rotatable bonds is 8. The zero-order valence-corrected chi connectivity index (χ0v) is 19.1. The van der Waals surface area contributed by atoms with Crippen LogP contribution >= 0.6 is 0 Å². The van der Waals surface area contributed by atoms with Crippen molar-refractivity contribution in [3.8, 4) is 0 Å². The Kier molecular flexibility index (Phi) is 8.25. The highest BCUT2D eigenvalue weighted by atomic mass is 32.2. The van der Waals surface area contributed by atoms with Crippen LogP contribution in [-0.4, -0.2) is 73.6 Å². The smallest absolute Gasteiger partial charge is 0.239 e. The molecule has 1 N–H and O–H groups in total. The van der Waals surface area contributed by atoms with Crippen LogP contribution in [0.2, 0.25) is 0 Å². The quantitative estimate of drug-likeness (QED) is 0.674. The lowest BCUT2D eigenvalue weighted by molar-refractivity contribution is -0.130. The lowest BCUT2D eigenvalue weighted by atomic mass is 9.88. The number of carbonyl (C=O) groups excluding carboxylic acids is 1. The minimum Gasteiger partial charge on any atom is -0.342 e. The number of piperidine rings is 1. The van der Waals surface area contributed by atoms with Crippen molar-refractivity contribution in [2.45, 2.75) is 64.0 Å². The van der Waals surface area contributed by atoms with Crippen LogP contribution in [0.1, 0.15) is 51.1 Å². The summed E-state index contributed by atoms with van der Waals surface area (Å²) in [7, 11) is -1.85. The largest absolute Gasteiger partial charge is 0.342 e. The molecule has 0 aromatic carbocycles. The highest BCUT2D eigenvalue weighted by molar-refractivity contribution is 7.90. The number of hydrogen-bond acceptors (Lipinski definition) is 5. The van der Waals surface area contributed by atoms with Crippen LogP contribution < -0.4 is 4.72 Å². The summed E-state index contributed by atoms with van der Waals surface area (Å²) in [6.45, 7) is 4.99. The number of nitrogens with zero attached hydrogens (tertiary/aromatic N) is 3. The Bertz CT molecular complexity index is 771. The minimum atomic E-state index is -3.59. The van der Waals surface area contributed by atoms with Crippen molar-refractivity contribution < 1.29 is 13.2 Å². The van der Waals surface area contributed by atoms with Gasteiger partial charge in [0.05, 0.1) is 0 Å². The number of pyridine rings is 1. The normalized spacial score (nSPS) is 23.9. The van der Waals surface area contributed by atoms with E-state index in [1.54, 1.807) is 11.9 Å². The first-order chi connectivity index (χ1) is 14.3. The molecule has 1 amide bonds. The summed E-state index contributed by atoms with van der Waals surface area (Å²) in [4.78, 5) is 21.0. The Morgan fingerprint density at radius 3 is 2.50 bits per heavy atom. The number of likely N-dealkylation sites (tertiary alicyclic amines) is 1. The van der Waals surface area contributed by atoms with E-state index in [0.717, 1.165) is 70.3 Å². The zero-order chi connectivity index (χ0) is 21.6.